The summed E-state index contributed by atoms with van der Waals surface area (Å²) in [5, 5.41) is 2.88. The molecular formula is C21H29N3O3. The van der Waals surface area contributed by atoms with Crippen LogP contribution in [0, 0.1) is 6.92 Å². The molecule has 3 rings (SSSR count). The Morgan fingerprint density at radius 1 is 1.22 bits per heavy atom. The summed E-state index contributed by atoms with van der Waals surface area (Å²) in [6, 6.07) is 7.84. The summed E-state index contributed by atoms with van der Waals surface area (Å²) < 4.78 is 0. The fourth-order valence-electron chi connectivity index (χ4n) is 4.05. The molecule has 6 heteroatoms. The number of aryl methyl sites for hydroxylation is 1. The lowest BCUT2D eigenvalue weighted by atomic mass is 9.98. The lowest BCUT2D eigenvalue weighted by molar-refractivity contribution is -0.133. The standard InChI is InChI=1S/C21H29N3O3/c1-15-8-10-17(11-9-15)16(2)23(3)18(25)7-6-14-24-19(26)21(22-20(24)27)12-4-5-13-21/h8-11,16H,4-7,12-14H2,1-3H3,(H,22,27). The van der Waals surface area contributed by atoms with Gasteiger partial charge in [-0.05, 0) is 38.7 Å². The second-order valence-corrected chi connectivity index (χ2v) is 7.87. The summed E-state index contributed by atoms with van der Waals surface area (Å²) in [5.74, 6) is -0.0930. The van der Waals surface area contributed by atoms with E-state index in [9.17, 15) is 14.4 Å². The topological polar surface area (TPSA) is 69.7 Å². The van der Waals surface area contributed by atoms with Crippen molar-refractivity contribution in [3.63, 3.8) is 0 Å². The Hall–Kier alpha value is -2.37. The number of nitrogens with one attached hydrogen (secondary N) is 1. The van der Waals surface area contributed by atoms with Crippen LogP contribution < -0.4 is 5.32 Å². The summed E-state index contributed by atoms with van der Waals surface area (Å²) in [6.07, 6.45) is 4.20. The Kier molecular flexibility index (Phi) is 5.53. The minimum Gasteiger partial charge on any atom is -0.339 e. The van der Waals surface area contributed by atoms with Crippen LogP contribution in [0.1, 0.15) is 62.6 Å². The molecule has 1 heterocycles. The van der Waals surface area contributed by atoms with Crippen LogP contribution in [0.4, 0.5) is 4.79 Å². The van der Waals surface area contributed by atoms with E-state index in [4.69, 9.17) is 0 Å². The van der Waals surface area contributed by atoms with Crippen LogP contribution in [-0.4, -0.2) is 46.8 Å². The van der Waals surface area contributed by atoms with E-state index >= 15 is 0 Å². The van der Waals surface area contributed by atoms with E-state index in [1.807, 2.05) is 38.1 Å². The quantitative estimate of drug-likeness (QED) is 0.781. The number of imide groups is 1. The average Bonchev–Trinajstić information content (AvgIpc) is 3.21. The Morgan fingerprint density at radius 3 is 2.48 bits per heavy atom. The first kappa shape index (κ1) is 19.4. The highest BCUT2D eigenvalue weighted by Gasteiger charge is 2.52. The highest BCUT2D eigenvalue weighted by atomic mass is 16.2. The molecule has 146 valence electrons. The maximum atomic E-state index is 12.6. The van der Waals surface area contributed by atoms with Crippen LogP contribution in [0.3, 0.4) is 0 Å². The highest BCUT2D eigenvalue weighted by Crippen LogP contribution is 2.35. The maximum absolute atomic E-state index is 12.6. The van der Waals surface area contributed by atoms with Gasteiger partial charge in [0.1, 0.15) is 5.54 Å². The number of rotatable bonds is 6. The molecule has 1 N–H and O–H groups in total. The normalized spacial score (nSPS) is 19.4. The molecule has 1 aromatic carbocycles. The molecule has 1 saturated heterocycles. The lowest BCUT2D eigenvalue weighted by Gasteiger charge is -2.26. The Bertz CT molecular complexity index is 723. The number of urea groups is 1. The van der Waals surface area contributed by atoms with E-state index in [0.717, 1.165) is 31.2 Å². The van der Waals surface area contributed by atoms with Gasteiger partial charge in [0, 0.05) is 20.0 Å². The van der Waals surface area contributed by atoms with Crippen LogP contribution in [-0.2, 0) is 9.59 Å². The predicted octanol–water partition coefficient (Wildman–Crippen LogP) is 3.16. The van der Waals surface area contributed by atoms with Crippen molar-refractivity contribution in [1.82, 2.24) is 15.1 Å². The molecule has 1 atom stereocenters. The molecule has 1 spiro atoms. The van der Waals surface area contributed by atoms with Crippen molar-refractivity contribution in [3.8, 4) is 0 Å². The molecule has 1 aliphatic carbocycles. The molecule has 2 fully saturated rings. The van der Waals surface area contributed by atoms with Gasteiger partial charge in [0.2, 0.25) is 5.91 Å². The lowest BCUT2D eigenvalue weighted by Crippen LogP contribution is -2.44. The van der Waals surface area contributed by atoms with Gasteiger partial charge in [0.25, 0.3) is 5.91 Å². The van der Waals surface area contributed by atoms with E-state index in [0.29, 0.717) is 19.4 Å². The number of nitrogens with zero attached hydrogens (tertiary/aromatic N) is 2. The second-order valence-electron chi connectivity index (χ2n) is 7.87. The summed E-state index contributed by atoms with van der Waals surface area (Å²) in [5.41, 5.74) is 1.61. The van der Waals surface area contributed by atoms with Crippen molar-refractivity contribution in [2.24, 2.45) is 0 Å². The van der Waals surface area contributed by atoms with Gasteiger partial charge in [-0.2, -0.15) is 0 Å². The minimum absolute atomic E-state index is 0.0171. The van der Waals surface area contributed by atoms with Crippen molar-refractivity contribution >= 4 is 17.8 Å². The number of amides is 4. The zero-order chi connectivity index (χ0) is 19.6. The molecular weight excluding hydrogens is 342 g/mol. The van der Waals surface area contributed by atoms with Gasteiger partial charge in [-0.3, -0.25) is 14.5 Å². The van der Waals surface area contributed by atoms with Gasteiger partial charge in [0.05, 0.1) is 6.04 Å². The largest absolute Gasteiger partial charge is 0.339 e. The Morgan fingerprint density at radius 2 is 1.85 bits per heavy atom. The molecule has 2 aliphatic rings. The zero-order valence-corrected chi connectivity index (χ0v) is 16.5. The van der Waals surface area contributed by atoms with Gasteiger partial charge in [-0.1, -0.05) is 42.7 Å². The summed E-state index contributed by atoms with van der Waals surface area (Å²) in [7, 11) is 1.80. The zero-order valence-electron chi connectivity index (χ0n) is 16.5. The predicted molar refractivity (Wildman–Crippen MR) is 103 cm³/mol. The first-order chi connectivity index (χ1) is 12.8. The molecule has 1 unspecified atom stereocenters. The van der Waals surface area contributed by atoms with Crippen molar-refractivity contribution in [1.29, 1.82) is 0 Å². The third kappa shape index (κ3) is 3.84. The van der Waals surface area contributed by atoms with Gasteiger partial charge < -0.3 is 10.2 Å². The van der Waals surface area contributed by atoms with Crippen molar-refractivity contribution in [2.75, 3.05) is 13.6 Å². The molecule has 1 saturated carbocycles. The molecule has 0 bridgehead atoms. The minimum atomic E-state index is -0.669. The van der Waals surface area contributed by atoms with Gasteiger partial charge in [-0.15, -0.1) is 0 Å². The van der Waals surface area contributed by atoms with Gasteiger partial charge in [-0.25, -0.2) is 4.79 Å². The van der Waals surface area contributed by atoms with E-state index in [1.54, 1.807) is 11.9 Å². The molecule has 0 aromatic heterocycles. The highest BCUT2D eigenvalue weighted by molar-refractivity contribution is 6.07. The molecule has 1 aromatic rings. The van der Waals surface area contributed by atoms with E-state index in [-0.39, 0.29) is 23.9 Å². The maximum Gasteiger partial charge on any atom is 0.325 e. The Balaban J connectivity index is 1.51. The monoisotopic (exact) mass is 371 g/mol. The number of hydrogen-bond acceptors (Lipinski definition) is 3. The number of carbonyl (C=O) groups is 3. The number of carbonyl (C=O) groups excluding carboxylic acids is 3. The van der Waals surface area contributed by atoms with Crippen molar-refractivity contribution < 1.29 is 14.4 Å². The summed E-state index contributed by atoms with van der Waals surface area (Å²) in [4.78, 5) is 40.4. The fraction of sp³-hybridized carbons (Fsp3) is 0.571. The molecule has 0 radical (unpaired) electrons. The SMILES string of the molecule is Cc1ccc(C(C)N(C)C(=O)CCCN2C(=O)NC3(CCCC3)C2=O)cc1. The number of benzene rings is 1. The van der Waals surface area contributed by atoms with Crippen molar-refractivity contribution in [2.45, 2.75) is 64.0 Å². The van der Waals surface area contributed by atoms with Crippen LogP contribution in [0.2, 0.25) is 0 Å². The fourth-order valence-corrected chi connectivity index (χ4v) is 4.05. The second kappa shape index (κ2) is 7.71. The molecule has 27 heavy (non-hydrogen) atoms. The van der Waals surface area contributed by atoms with Crippen LogP contribution in [0.25, 0.3) is 0 Å². The third-order valence-corrected chi connectivity index (χ3v) is 6.01. The van der Waals surface area contributed by atoms with Gasteiger partial charge >= 0.3 is 6.03 Å². The number of hydrogen-bond donors (Lipinski definition) is 1. The van der Waals surface area contributed by atoms with Crippen LogP contribution >= 0.6 is 0 Å². The van der Waals surface area contributed by atoms with Crippen molar-refractivity contribution in [3.05, 3.63) is 35.4 Å². The van der Waals surface area contributed by atoms with Gasteiger partial charge in [0.15, 0.2) is 0 Å². The third-order valence-electron chi connectivity index (χ3n) is 6.01. The van der Waals surface area contributed by atoms with E-state index in [1.165, 1.54) is 10.5 Å². The Labute approximate surface area is 160 Å². The van der Waals surface area contributed by atoms with Crippen LogP contribution in [0.15, 0.2) is 24.3 Å². The first-order valence-electron chi connectivity index (χ1n) is 9.80. The summed E-state index contributed by atoms with van der Waals surface area (Å²) in [6.45, 7) is 4.34. The molecule has 1 aliphatic heterocycles. The van der Waals surface area contributed by atoms with E-state index < -0.39 is 5.54 Å². The summed E-state index contributed by atoms with van der Waals surface area (Å²) >= 11 is 0. The van der Waals surface area contributed by atoms with Crippen LogP contribution in [0.5, 0.6) is 0 Å². The van der Waals surface area contributed by atoms with E-state index in [2.05, 4.69) is 5.32 Å². The first-order valence-corrected chi connectivity index (χ1v) is 9.80. The molecule has 4 amide bonds. The smallest absolute Gasteiger partial charge is 0.325 e. The molecule has 6 nitrogen and oxygen atoms in total. The average molecular weight is 371 g/mol.